The number of anilines is 2. The maximum absolute atomic E-state index is 13.2. The Morgan fingerprint density at radius 3 is 2.53 bits per heavy atom. The van der Waals surface area contributed by atoms with E-state index in [1.165, 1.54) is 5.56 Å². The molecule has 0 radical (unpaired) electrons. The quantitative estimate of drug-likeness (QED) is 0.470. The van der Waals surface area contributed by atoms with Crippen molar-refractivity contribution in [2.75, 3.05) is 5.32 Å². The number of hydrogen-bond donors (Lipinski definition) is 1. The zero-order chi connectivity index (χ0) is 20.5. The third-order valence-electron chi connectivity index (χ3n) is 5.70. The van der Waals surface area contributed by atoms with Gasteiger partial charge in [-0.3, -0.25) is 4.79 Å². The molecule has 1 aliphatic carbocycles. The second kappa shape index (κ2) is 7.67. The van der Waals surface area contributed by atoms with E-state index in [4.69, 9.17) is 9.52 Å². The van der Waals surface area contributed by atoms with Gasteiger partial charge in [0.05, 0.1) is 23.2 Å². The molecular weight excluding hydrogens is 374 g/mol. The standard InChI is InChI=1S/C25H23N3O2/c1-2-17-10-12-19(13-11-17)26-25-24-21(28(27-25)20-7-4-3-5-8-20)15-18(16-22(24)29)23-9-6-14-30-23/h3-14,18H,2,15-16H2,1H3,(H,26,27)/t18-/m0/s1. The van der Waals surface area contributed by atoms with Gasteiger partial charge >= 0.3 is 0 Å². The van der Waals surface area contributed by atoms with E-state index in [-0.39, 0.29) is 11.7 Å². The number of nitrogens with one attached hydrogen (secondary N) is 1. The summed E-state index contributed by atoms with van der Waals surface area (Å²) in [7, 11) is 0. The van der Waals surface area contributed by atoms with Gasteiger partial charge in [0.15, 0.2) is 11.6 Å². The lowest BCUT2D eigenvalue weighted by molar-refractivity contribution is 0.0960. The van der Waals surface area contributed by atoms with Gasteiger partial charge in [-0.15, -0.1) is 5.10 Å². The zero-order valence-corrected chi connectivity index (χ0v) is 16.8. The minimum atomic E-state index is 0.0239. The Morgan fingerprint density at radius 2 is 1.83 bits per heavy atom. The summed E-state index contributed by atoms with van der Waals surface area (Å²) in [6, 6.07) is 22.0. The molecule has 5 nitrogen and oxygen atoms in total. The first-order chi connectivity index (χ1) is 14.7. The Bertz CT molecular complexity index is 1160. The highest BCUT2D eigenvalue weighted by Crippen LogP contribution is 2.38. The third kappa shape index (κ3) is 3.32. The minimum absolute atomic E-state index is 0.0239. The number of aromatic nitrogens is 2. The summed E-state index contributed by atoms with van der Waals surface area (Å²) in [5.74, 6) is 1.57. The Kier molecular flexibility index (Phi) is 4.71. The summed E-state index contributed by atoms with van der Waals surface area (Å²) in [4.78, 5) is 13.2. The number of hydrogen-bond acceptors (Lipinski definition) is 4. The molecule has 4 aromatic rings. The van der Waals surface area contributed by atoms with Gasteiger partial charge in [0.2, 0.25) is 0 Å². The van der Waals surface area contributed by atoms with Crippen molar-refractivity contribution in [3.63, 3.8) is 0 Å². The number of fused-ring (bicyclic) bond motifs is 1. The molecule has 1 N–H and O–H groups in total. The SMILES string of the molecule is CCc1ccc(Nc2nn(-c3ccccc3)c3c2C(=O)C[C@@H](c2ccco2)C3)cc1. The molecule has 0 saturated carbocycles. The van der Waals surface area contributed by atoms with Crippen molar-refractivity contribution in [3.8, 4) is 5.69 Å². The van der Waals surface area contributed by atoms with Crippen LogP contribution in [-0.4, -0.2) is 15.6 Å². The predicted octanol–water partition coefficient (Wildman–Crippen LogP) is 5.68. The number of benzene rings is 2. The van der Waals surface area contributed by atoms with E-state index in [2.05, 4.69) is 24.4 Å². The van der Waals surface area contributed by atoms with Crippen LogP contribution in [0.3, 0.4) is 0 Å². The van der Waals surface area contributed by atoms with Crippen molar-refractivity contribution in [1.82, 2.24) is 9.78 Å². The van der Waals surface area contributed by atoms with Crippen LogP contribution in [0.4, 0.5) is 11.5 Å². The molecule has 0 saturated heterocycles. The summed E-state index contributed by atoms with van der Waals surface area (Å²) in [6.45, 7) is 2.13. The number of ketones is 1. The van der Waals surface area contributed by atoms with E-state index in [1.807, 2.05) is 59.3 Å². The highest BCUT2D eigenvalue weighted by Gasteiger charge is 2.34. The highest BCUT2D eigenvalue weighted by molar-refractivity contribution is 6.03. The van der Waals surface area contributed by atoms with E-state index < -0.39 is 0 Å². The summed E-state index contributed by atoms with van der Waals surface area (Å²) in [6.07, 6.45) is 3.78. The van der Waals surface area contributed by atoms with Crippen molar-refractivity contribution in [2.24, 2.45) is 0 Å². The number of para-hydroxylation sites is 1. The number of carbonyl (C=O) groups is 1. The highest BCUT2D eigenvalue weighted by atomic mass is 16.3. The average Bonchev–Trinajstić information content (AvgIpc) is 3.44. The average molecular weight is 397 g/mol. The number of rotatable bonds is 5. The first-order valence-corrected chi connectivity index (χ1v) is 10.3. The van der Waals surface area contributed by atoms with Crippen LogP contribution in [-0.2, 0) is 12.8 Å². The summed E-state index contributed by atoms with van der Waals surface area (Å²) >= 11 is 0. The molecule has 0 spiro atoms. The first-order valence-electron chi connectivity index (χ1n) is 10.3. The van der Waals surface area contributed by atoms with Crippen LogP contribution in [0.15, 0.2) is 77.4 Å². The zero-order valence-electron chi connectivity index (χ0n) is 16.8. The summed E-state index contributed by atoms with van der Waals surface area (Å²) in [5, 5.41) is 8.20. The third-order valence-corrected chi connectivity index (χ3v) is 5.70. The second-order valence-electron chi connectivity index (χ2n) is 7.64. The molecule has 2 heterocycles. The number of Topliss-reactive ketones (excluding diaryl/α,β-unsaturated/α-hetero) is 1. The lowest BCUT2D eigenvalue weighted by atomic mass is 9.85. The van der Waals surface area contributed by atoms with E-state index in [0.29, 0.717) is 24.2 Å². The maximum Gasteiger partial charge on any atom is 0.169 e. The van der Waals surface area contributed by atoms with Gasteiger partial charge < -0.3 is 9.73 Å². The van der Waals surface area contributed by atoms with Crippen LogP contribution in [0.5, 0.6) is 0 Å². The Balaban J connectivity index is 1.58. The second-order valence-corrected chi connectivity index (χ2v) is 7.64. The molecule has 0 unspecified atom stereocenters. The fourth-order valence-corrected chi connectivity index (χ4v) is 4.12. The molecule has 2 aromatic carbocycles. The molecule has 0 fully saturated rings. The van der Waals surface area contributed by atoms with Gasteiger partial charge in [0, 0.05) is 24.4 Å². The van der Waals surface area contributed by atoms with Gasteiger partial charge in [-0.1, -0.05) is 37.3 Å². The number of aryl methyl sites for hydroxylation is 1. The van der Waals surface area contributed by atoms with Crippen LogP contribution >= 0.6 is 0 Å². The van der Waals surface area contributed by atoms with E-state index in [1.54, 1.807) is 6.26 Å². The Hall–Kier alpha value is -3.60. The molecule has 1 aliphatic rings. The number of carbonyl (C=O) groups excluding carboxylic acids is 1. The monoisotopic (exact) mass is 397 g/mol. The van der Waals surface area contributed by atoms with Crippen LogP contribution in [0, 0.1) is 0 Å². The molecular formula is C25H23N3O2. The van der Waals surface area contributed by atoms with E-state index in [9.17, 15) is 4.79 Å². The minimum Gasteiger partial charge on any atom is -0.469 e. The van der Waals surface area contributed by atoms with Gasteiger partial charge in [0.25, 0.3) is 0 Å². The first kappa shape index (κ1) is 18.4. The lowest BCUT2D eigenvalue weighted by Gasteiger charge is -2.21. The maximum atomic E-state index is 13.2. The van der Waals surface area contributed by atoms with Crippen LogP contribution in [0.2, 0.25) is 0 Å². The largest absolute Gasteiger partial charge is 0.469 e. The van der Waals surface area contributed by atoms with Gasteiger partial charge in [-0.05, 0) is 48.4 Å². The van der Waals surface area contributed by atoms with Gasteiger partial charge in [-0.25, -0.2) is 4.68 Å². The summed E-state index contributed by atoms with van der Waals surface area (Å²) < 4.78 is 7.50. The molecule has 0 amide bonds. The van der Waals surface area contributed by atoms with Crippen molar-refractivity contribution >= 4 is 17.3 Å². The van der Waals surface area contributed by atoms with Crippen LogP contribution < -0.4 is 5.32 Å². The van der Waals surface area contributed by atoms with Crippen molar-refractivity contribution in [2.45, 2.75) is 32.1 Å². The molecule has 1 atom stereocenters. The van der Waals surface area contributed by atoms with Crippen molar-refractivity contribution < 1.29 is 9.21 Å². The molecule has 5 heteroatoms. The van der Waals surface area contributed by atoms with Gasteiger partial charge in [0.1, 0.15) is 5.76 Å². The van der Waals surface area contributed by atoms with Gasteiger partial charge in [-0.2, -0.15) is 0 Å². The van der Waals surface area contributed by atoms with E-state index >= 15 is 0 Å². The molecule has 150 valence electrons. The summed E-state index contributed by atoms with van der Waals surface area (Å²) in [5.41, 5.74) is 4.74. The van der Waals surface area contributed by atoms with Crippen LogP contribution in [0.1, 0.15) is 46.6 Å². The Labute approximate surface area is 175 Å². The van der Waals surface area contributed by atoms with E-state index in [0.717, 1.165) is 29.2 Å². The smallest absolute Gasteiger partial charge is 0.169 e. The van der Waals surface area contributed by atoms with Crippen LogP contribution in [0.25, 0.3) is 5.69 Å². The fraction of sp³-hybridized carbons (Fsp3) is 0.200. The number of furan rings is 1. The molecule has 0 aliphatic heterocycles. The number of nitrogens with zero attached hydrogens (tertiary/aromatic N) is 2. The predicted molar refractivity (Wildman–Crippen MR) is 117 cm³/mol. The normalized spacial score (nSPS) is 15.8. The lowest BCUT2D eigenvalue weighted by Crippen LogP contribution is -2.20. The van der Waals surface area contributed by atoms with Crippen molar-refractivity contribution in [3.05, 3.63) is 95.6 Å². The Morgan fingerprint density at radius 1 is 1.03 bits per heavy atom. The van der Waals surface area contributed by atoms with Crippen molar-refractivity contribution in [1.29, 1.82) is 0 Å². The fourth-order valence-electron chi connectivity index (χ4n) is 4.12. The topological polar surface area (TPSA) is 60.1 Å². The molecule has 30 heavy (non-hydrogen) atoms. The molecule has 0 bridgehead atoms. The molecule has 2 aromatic heterocycles. The molecule has 5 rings (SSSR count).